The molecule has 1 fully saturated rings. The van der Waals surface area contributed by atoms with Crippen LogP contribution in [-0.2, 0) is 6.54 Å². The quantitative estimate of drug-likeness (QED) is 0.846. The molecule has 142 valence electrons. The molecule has 1 aromatic rings. The predicted molar refractivity (Wildman–Crippen MR) is 102 cm³/mol. The number of hydrogen-bond donors (Lipinski definition) is 2. The average molecular weight is 360 g/mol. The molecule has 0 spiro atoms. The number of likely N-dealkylation sites (tertiary alicyclic amines) is 1. The molecule has 5 nitrogen and oxygen atoms in total. The minimum Gasteiger partial charge on any atom is -0.491 e. The van der Waals surface area contributed by atoms with Crippen molar-refractivity contribution in [3.05, 3.63) is 41.0 Å². The van der Waals surface area contributed by atoms with E-state index in [0.29, 0.717) is 24.1 Å². The summed E-state index contributed by atoms with van der Waals surface area (Å²) in [6.45, 7) is 7.06. The van der Waals surface area contributed by atoms with Gasteiger partial charge in [0.25, 0.3) is 0 Å². The van der Waals surface area contributed by atoms with Crippen LogP contribution in [-0.4, -0.2) is 36.3 Å². The normalized spacial score (nSPS) is 24.9. The number of rotatable bonds is 5. The van der Waals surface area contributed by atoms with E-state index in [1.54, 1.807) is 6.07 Å². The summed E-state index contributed by atoms with van der Waals surface area (Å²) >= 11 is 0. The van der Waals surface area contributed by atoms with Gasteiger partial charge >= 0.3 is 0 Å². The Morgan fingerprint density at radius 3 is 2.73 bits per heavy atom. The van der Waals surface area contributed by atoms with E-state index >= 15 is 0 Å². The standard InChI is InChI=1S/C20H29FN4O/c1-3-26-18-10-15(4-5-17(18)21)12-25-8-6-16(7-9-25)20(23)11-14(2)19(22)24-13-20/h4-5,10,13,16H,3,6-9,11-12,22-23H2,1-2H3. The molecular formula is C20H29FN4O. The van der Waals surface area contributed by atoms with Crippen molar-refractivity contribution >= 4 is 6.21 Å². The SMILES string of the molecule is CCOc1cc(CN2CCC(C3(N)C=NC(N)=C(C)C3)CC2)ccc1F. The minimum absolute atomic E-state index is 0.307. The lowest BCUT2D eigenvalue weighted by molar-refractivity contribution is 0.148. The van der Waals surface area contributed by atoms with Crippen LogP contribution in [0.4, 0.5) is 4.39 Å². The van der Waals surface area contributed by atoms with Gasteiger partial charge in [0.1, 0.15) is 5.82 Å². The van der Waals surface area contributed by atoms with Crippen molar-refractivity contribution in [2.75, 3.05) is 19.7 Å². The molecule has 4 N–H and O–H groups in total. The molecule has 2 aliphatic heterocycles. The highest BCUT2D eigenvalue weighted by Crippen LogP contribution is 2.33. The largest absolute Gasteiger partial charge is 0.491 e. The van der Waals surface area contributed by atoms with Crippen molar-refractivity contribution in [3.8, 4) is 5.75 Å². The summed E-state index contributed by atoms with van der Waals surface area (Å²) < 4.78 is 19.1. The lowest BCUT2D eigenvalue weighted by Crippen LogP contribution is -2.53. The zero-order valence-electron chi connectivity index (χ0n) is 15.7. The van der Waals surface area contributed by atoms with Crippen LogP contribution in [0.25, 0.3) is 0 Å². The summed E-state index contributed by atoms with van der Waals surface area (Å²) in [5.74, 6) is 1.03. The van der Waals surface area contributed by atoms with Gasteiger partial charge in [0.15, 0.2) is 11.6 Å². The van der Waals surface area contributed by atoms with Gasteiger partial charge in [0, 0.05) is 12.8 Å². The fourth-order valence-electron chi connectivity index (χ4n) is 3.94. The maximum Gasteiger partial charge on any atom is 0.165 e. The summed E-state index contributed by atoms with van der Waals surface area (Å²) in [7, 11) is 0. The molecule has 1 atom stereocenters. The number of nitrogens with two attached hydrogens (primary N) is 2. The third-order valence-corrected chi connectivity index (χ3v) is 5.50. The maximum absolute atomic E-state index is 13.7. The monoisotopic (exact) mass is 360 g/mol. The molecule has 6 heteroatoms. The van der Waals surface area contributed by atoms with Crippen LogP contribution in [0.15, 0.2) is 34.6 Å². The summed E-state index contributed by atoms with van der Waals surface area (Å²) in [6, 6.07) is 5.12. The van der Waals surface area contributed by atoms with Gasteiger partial charge in [0.05, 0.1) is 12.1 Å². The van der Waals surface area contributed by atoms with E-state index in [0.717, 1.165) is 50.0 Å². The molecule has 0 aromatic heterocycles. The molecule has 0 bridgehead atoms. The number of piperidine rings is 1. The van der Waals surface area contributed by atoms with E-state index in [-0.39, 0.29) is 5.82 Å². The number of nitrogens with zero attached hydrogens (tertiary/aromatic N) is 2. The van der Waals surface area contributed by atoms with Crippen molar-refractivity contribution in [1.29, 1.82) is 0 Å². The Balaban J connectivity index is 1.58. The van der Waals surface area contributed by atoms with Crippen LogP contribution in [0.3, 0.4) is 0 Å². The van der Waals surface area contributed by atoms with E-state index in [4.69, 9.17) is 16.2 Å². The predicted octanol–water partition coefficient (Wildman–Crippen LogP) is 2.80. The second-order valence-electron chi connectivity index (χ2n) is 7.46. The molecule has 1 saturated heterocycles. The first kappa shape index (κ1) is 18.9. The number of ether oxygens (including phenoxy) is 1. The Morgan fingerprint density at radius 1 is 1.35 bits per heavy atom. The van der Waals surface area contributed by atoms with Crippen molar-refractivity contribution in [1.82, 2.24) is 4.90 Å². The maximum atomic E-state index is 13.7. The molecule has 26 heavy (non-hydrogen) atoms. The van der Waals surface area contributed by atoms with Gasteiger partial charge < -0.3 is 16.2 Å². The molecule has 0 saturated carbocycles. The molecule has 2 heterocycles. The van der Waals surface area contributed by atoms with Gasteiger partial charge in [-0.15, -0.1) is 0 Å². The van der Waals surface area contributed by atoms with Crippen LogP contribution in [0.2, 0.25) is 0 Å². The molecule has 0 aliphatic carbocycles. The summed E-state index contributed by atoms with van der Waals surface area (Å²) in [4.78, 5) is 6.69. The second kappa shape index (κ2) is 7.76. The highest BCUT2D eigenvalue weighted by atomic mass is 19.1. The van der Waals surface area contributed by atoms with Crippen molar-refractivity contribution in [2.24, 2.45) is 22.4 Å². The molecule has 3 rings (SSSR count). The van der Waals surface area contributed by atoms with Crippen molar-refractivity contribution in [3.63, 3.8) is 0 Å². The van der Waals surface area contributed by atoms with E-state index in [9.17, 15) is 4.39 Å². The topological polar surface area (TPSA) is 76.9 Å². The Kier molecular flexibility index (Phi) is 5.63. The second-order valence-corrected chi connectivity index (χ2v) is 7.46. The Hall–Kier alpha value is -1.92. The van der Waals surface area contributed by atoms with Gasteiger partial charge in [-0.1, -0.05) is 6.07 Å². The number of halogens is 1. The van der Waals surface area contributed by atoms with Crippen molar-refractivity contribution in [2.45, 2.75) is 45.2 Å². The molecule has 0 amide bonds. The highest BCUT2D eigenvalue weighted by Gasteiger charge is 2.37. The van der Waals surface area contributed by atoms with Gasteiger partial charge in [-0.25, -0.2) is 9.38 Å². The summed E-state index contributed by atoms with van der Waals surface area (Å²) in [5, 5.41) is 0. The third-order valence-electron chi connectivity index (χ3n) is 5.50. The van der Waals surface area contributed by atoms with Gasteiger partial charge in [-0.2, -0.15) is 0 Å². The first-order valence-electron chi connectivity index (χ1n) is 9.34. The van der Waals surface area contributed by atoms with E-state index < -0.39 is 5.54 Å². The van der Waals surface area contributed by atoms with Gasteiger partial charge in [-0.05, 0) is 75.4 Å². The lowest BCUT2D eigenvalue weighted by Gasteiger charge is -2.42. The van der Waals surface area contributed by atoms with Crippen LogP contribution >= 0.6 is 0 Å². The van der Waals surface area contributed by atoms with E-state index in [2.05, 4.69) is 9.89 Å². The third kappa shape index (κ3) is 4.07. The van der Waals surface area contributed by atoms with Crippen LogP contribution in [0, 0.1) is 11.7 Å². The Morgan fingerprint density at radius 2 is 2.08 bits per heavy atom. The van der Waals surface area contributed by atoms with Gasteiger partial charge in [-0.3, -0.25) is 4.90 Å². The highest BCUT2D eigenvalue weighted by molar-refractivity contribution is 5.74. The van der Waals surface area contributed by atoms with Gasteiger partial charge in [0.2, 0.25) is 0 Å². The molecule has 1 unspecified atom stereocenters. The first-order chi connectivity index (χ1) is 12.4. The molecule has 0 radical (unpaired) electrons. The Bertz CT molecular complexity index is 710. The minimum atomic E-state index is -0.392. The fourth-order valence-corrected chi connectivity index (χ4v) is 3.94. The summed E-state index contributed by atoms with van der Waals surface area (Å²) in [5.41, 5.74) is 14.3. The molecular weight excluding hydrogens is 331 g/mol. The first-order valence-corrected chi connectivity index (χ1v) is 9.34. The van der Waals surface area contributed by atoms with Crippen molar-refractivity contribution < 1.29 is 9.13 Å². The van der Waals surface area contributed by atoms with E-state index in [1.807, 2.05) is 26.1 Å². The van der Waals surface area contributed by atoms with E-state index in [1.165, 1.54) is 6.07 Å². The van der Waals surface area contributed by atoms with Crippen LogP contribution in [0.1, 0.15) is 38.7 Å². The van der Waals surface area contributed by atoms with Crippen LogP contribution < -0.4 is 16.2 Å². The zero-order chi connectivity index (χ0) is 18.7. The number of benzene rings is 1. The lowest BCUT2D eigenvalue weighted by atomic mass is 9.74. The zero-order valence-corrected chi connectivity index (χ0v) is 15.7. The number of hydrogen-bond acceptors (Lipinski definition) is 5. The van der Waals surface area contributed by atoms with Crippen LogP contribution in [0.5, 0.6) is 5.75 Å². The Labute approximate surface area is 154 Å². The molecule has 1 aromatic carbocycles. The molecule has 2 aliphatic rings. The summed E-state index contributed by atoms with van der Waals surface area (Å²) in [6.07, 6.45) is 4.68. The average Bonchev–Trinajstić information content (AvgIpc) is 2.62. The smallest absolute Gasteiger partial charge is 0.165 e. The number of aliphatic imine (C=N–C) groups is 1. The fraction of sp³-hybridized carbons (Fsp3) is 0.550.